The predicted molar refractivity (Wildman–Crippen MR) is 150 cm³/mol. The SMILES string of the molecule is O=C(NC(=S)Nc1ccc2oc(-c3cccc4c(Cl)cccc34)nc2c1)c1cccc2ccccc12. The molecule has 0 spiro atoms. The van der Waals surface area contributed by atoms with Crippen LogP contribution in [0.4, 0.5) is 5.69 Å². The molecular formula is C29H18ClN3O2S. The summed E-state index contributed by atoms with van der Waals surface area (Å²) in [4.78, 5) is 17.6. The lowest BCUT2D eigenvalue weighted by atomic mass is 10.0. The highest BCUT2D eigenvalue weighted by Gasteiger charge is 2.14. The molecule has 2 N–H and O–H groups in total. The Kier molecular flexibility index (Phi) is 5.60. The molecule has 0 unspecified atom stereocenters. The van der Waals surface area contributed by atoms with E-state index in [1.165, 1.54) is 0 Å². The zero-order valence-electron chi connectivity index (χ0n) is 18.8. The summed E-state index contributed by atoms with van der Waals surface area (Å²) >= 11 is 11.8. The smallest absolute Gasteiger partial charge is 0.258 e. The molecule has 7 heteroatoms. The second kappa shape index (κ2) is 9.07. The Hall–Kier alpha value is -4.26. The van der Waals surface area contributed by atoms with Gasteiger partial charge >= 0.3 is 0 Å². The summed E-state index contributed by atoms with van der Waals surface area (Å²) in [5.41, 5.74) is 3.41. The van der Waals surface area contributed by atoms with Crippen LogP contribution >= 0.6 is 23.8 Å². The van der Waals surface area contributed by atoms with E-state index < -0.39 is 0 Å². The van der Waals surface area contributed by atoms with Crippen molar-refractivity contribution in [2.75, 3.05) is 5.32 Å². The number of hydrogen-bond acceptors (Lipinski definition) is 4. The van der Waals surface area contributed by atoms with E-state index in [1.54, 1.807) is 6.07 Å². The fourth-order valence-corrected chi connectivity index (χ4v) is 4.78. The standard InChI is InChI=1S/C29H18ClN3O2S/c30-24-13-5-9-20-21(24)10-4-12-23(20)28-32-25-16-18(14-15-26(25)35-28)31-29(36)33-27(34)22-11-3-7-17-6-1-2-8-19(17)22/h1-16H,(H2,31,33,34,36). The number of benzene rings is 5. The highest BCUT2D eigenvalue weighted by Crippen LogP contribution is 2.34. The molecule has 1 aromatic heterocycles. The minimum atomic E-state index is -0.274. The maximum atomic E-state index is 12.9. The van der Waals surface area contributed by atoms with E-state index >= 15 is 0 Å². The summed E-state index contributed by atoms with van der Waals surface area (Å²) in [6.45, 7) is 0. The summed E-state index contributed by atoms with van der Waals surface area (Å²) in [5.74, 6) is 0.227. The van der Waals surface area contributed by atoms with Gasteiger partial charge in [0, 0.05) is 27.2 Å². The largest absolute Gasteiger partial charge is 0.436 e. The number of amides is 1. The third-order valence-corrected chi connectivity index (χ3v) is 6.54. The van der Waals surface area contributed by atoms with Crippen molar-refractivity contribution < 1.29 is 9.21 Å². The third kappa shape index (κ3) is 4.06. The maximum absolute atomic E-state index is 12.9. The summed E-state index contributed by atoms with van der Waals surface area (Å²) in [6, 6.07) is 30.4. The highest BCUT2D eigenvalue weighted by atomic mass is 35.5. The van der Waals surface area contributed by atoms with Gasteiger partial charge < -0.3 is 9.73 Å². The second-order valence-corrected chi connectivity index (χ2v) is 9.09. The molecule has 36 heavy (non-hydrogen) atoms. The molecule has 174 valence electrons. The van der Waals surface area contributed by atoms with Gasteiger partial charge in [0.1, 0.15) is 5.52 Å². The van der Waals surface area contributed by atoms with Gasteiger partial charge in [-0.15, -0.1) is 0 Å². The third-order valence-electron chi connectivity index (χ3n) is 6.01. The Balaban J connectivity index is 1.24. The van der Waals surface area contributed by atoms with Crippen molar-refractivity contribution in [1.82, 2.24) is 10.3 Å². The number of hydrogen-bond donors (Lipinski definition) is 2. The molecule has 6 aromatic rings. The van der Waals surface area contributed by atoms with Crippen LogP contribution in [0, 0.1) is 0 Å². The number of halogens is 1. The minimum absolute atomic E-state index is 0.194. The van der Waals surface area contributed by atoms with Crippen molar-refractivity contribution >= 4 is 73.2 Å². The number of rotatable bonds is 3. The molecule has 1 heterocycles. The molecule has 0 radical (unpaired) electrons. The lowest BCUT2D eigenvalue weighted by Gasteiger charge is -2.11. The van der Waals surface area contributed by atoms with Crippen molar-refractivity contribution in [2.24, 2.45) is 0 Å². The predicted octanol–water partition coefficient (Wildman–Crippen LogP) is 7.58. The number of thiocarbonyl (C=S) groups is 1. The van der Waals surface area contributed by atoms with Crippen LogP contribution in [0.2, 0.25) is 5.02 Å². The minimum Gasteiger partial charge on any atom is -0.436 e. The van der Waals surface area contributed by atoms with Gasteiger partial charge in [0.05, 0.1) is 0 Å². The van der Waals surface area contributed by atoms with E-state index in [9.17, 15) is 4.79 Å². The fourth-order valence-electron chi connectivity index (χ4n) is 4.33. The van der Waals surface area contributed by atoms with Crippen molar-refractivity contribution in [3.8, 4) is 11.5 Å². The maximum Gasteiger partial charge on any atom is 0.258 e. The zero-order chi connectivity index (χ0) is 24.6. The molecule has 0 bridgehead atoms. The Morgan fingerprint density at radius 3 is 2.50 bits per heavy atom. The lowest BCUT2D eigenvalue weighted by molar-refractivity contribution is 0.0979. The Labute approximate surface area is 216 Å². The topological polar surface area (TPSA) is 67.2 Å². The number of nitrogens with zero attached hydrogens (tertiary/aromatic N) is 1. The van der Waals surface area contributed by atoms with Crippen LogP contribution in [-0.4, -0.2) is 16.0 Å². The number of nitrogens with one attached hydrogen (secondary N) is 2. The number of oxazole rings is 1. The molecule has 0 saturated heterocycles. The molecule has 5 aromatic carbocycles. The van der Waals surface area contributed by atoms with Crippen molar-refractivity contribution in [3.63, 3.8) is 0 Å². The van der Waals surface area contributed by atoms with Gasteiger partial charge in [-0.3, -0.25) is 10.1 Å². The van der Waals surface area contributed by atoms with Gasteiger partial charge in [-0.05, 0) is 64.8 Å². The monoisotopic (exact) mass is 507 g/mol. The Bertz CT molecular complexity index is 1810. The molecule has 0 aliphatic rings. The van der Waals surface area contributed by atoms with Crippen LogP contribution in [0.15, 0.2) is 101 Å². The van der Waals surface area contributed by atoms with Crippen LogP contribution in [0.1, 0.15) is 10.4 Å². The van der Waals surface area contributed by atoms with E-state index in [0.717, 1.165) is 27.1 Å². The number of anilines is 1. The van der Waals surface area contributed by atoms with Crippen LogP contribution in [0.3, 0.4) is 0 Å². The quantitative estimate of drug-likeness (QED) is 0.242. The lowest BCUT2D eigenvalue weighted by Crippen LogP contribution is -2.34. The molecule has 1 amide bonds. The summed E-state index contributed by atoms with van der Waals surface area (Å²) in [6.07, 6.45) is 0. The molecule has 0 saturated carbocycles. The first-order chi connectivity index (χ1) is 17.6. The van der Waals surface area contributed by atoms with E-state index in [4.69, 9.17) is 33.2 Å². The average molecular weight is 508 g/mol. The molecule has 0 fully saturated rings. The summed E-state index contributed by atoms with van der Waals surface area (Å²) in [7, 11) is 0. The molecule has 6 rings (SSSR count). The van der Waals surface area contributed by atoms with Crippen LogP contribution in [-0.2, 0) is 0 Å². The molecule has 0 atom stereocenters. The van der Waals surface area contributed by atoms with E-state index in [2.05, 4.69) is 10.6 Å². The van der Waals surface area contributed by atoms with E-state index in [0.29, 0.717) is 33.3 Å². The van der Waals surface area contributed by atoms with Crippen molar-refractivity contribution in [3.05, 3.63) is 108 Å². The molecule has 0 aliphatic heterocycles. The summed E-state index contributed by atoms with van der Waals surface area (Å²) in [5, 5.41) is 10.5. The number of carbonyl (C=O) groups excluding carboxylic acids is 1. The van der Waals surface area contributed by atoms with Crippen LogP contribution in [0.25, 0.3) is 44.1 Å². The summed E-state index contributed by atoms with van der Waals surface area (Å²) < 4.78 is 6.04. The molecular weight excluding hydrogens is 490 g/mol. The van der Waals surface area contributed by atoms with Crippen LogP contribution in [0.5, 0.6) is 0 Å². The van der Waals surface area contributed by atoms with Crippen molar-refractivity contribution in [2.45, 2.75) is 0 Å². The highest BCUT2D eigenvalue weighted by molar-refractivity contribution is 7.80. The van der Waals surface area contributed by atoms with Crippen molar-refractivity contribution in [1.29, 1.82) is 0 Å². The van der Waals surface area contributed by atoms with Gasteiger partial charge in [0.2, 0.25) is 5.89 Å². The van der Waals surface area contributed by atoms with Gasteiger partial charge in [-0.25, -0.2) is 4.98 Å². The van der Waals surface area contributed by atoms with Crippen LogP contribution < -0.4 is 10.6 Å². The van der Waals surface area contributed by atoms with Gasteiger partial charge in [0.25, 0.3) is 5.91 Å². The Morgan fingerprint density at radius 2 is 1.58 bits per heavy atom. The van der Waals surface area contributed by atoms with E-state index in [1.807, 2.05) is 91.0 Å². The first kappa shape index (κ1) is 22.2. The molecule has 5 nitrogen and oxygen atoms in total. The number of aromatic nitrogens is 1. The van der Waals surface area contributed by atoms with Gasteiger partial charge in [0.15, 0.2) is 10.7 Å². The number of carbonyl (C=O) groups is 1. The zero-order valence-corrected chi connectivity index (χ0v) is 20.4. The average Bonchev–Trinajstić information content (AvgIpc) is 3.31. The normalized spacial score (nSPS) is 11.1. The van der Waals surface area contributed by atoms with Gasteiger partial charge in [-0.1, -0.05) is 72.3 Å². The van der Waals surface area contributed by atoms with Gasteiger partial charge in [-0.2, -0.15) is 0 Å². The second-order valence-electron chi connectivity index (χ2n) is 8.28. The fraction of sp³-hybridized carbons (Fsp3) is 0. The Morgan fingerprint density at radius 1 is 0.833 bits per heavy atom. The number of fused-ring (bicyclic) bond motifs is 3. The van der Waals surface area contributed by atoms with E-state index in [-0.39, 0.29) is 11.0 Å². The first-order valence-electron chi connectivity index (χ1n) is 11.3. The first-order valence-corrected chi connectivity index (χ1v) is 12.0. The molecule has 0 aliphatic carbocycles.